The van der Waals surface area contributed by atoms with Crippen LogP contribution in [0.3, 0.4) is 0 Å². The van der Waals surface area contributed by atoms with E-state index < -0.39 is 29.2 Å². The quantitative estimate of drug-likeness (QED) is 0.162. The van der Waals surface area contributed by atoms with Crippen molar-refractivity contribution in [2.75, 3.05) is 18.1 Å². The lowest BCUT2D eigenvalue weighted by atomic mass is 10.0. The molecule has 1 fully saturated rings. The van der Waals surface area contributed by atoms with Gasteiger partial charge in [-0.3, -0.25) is 14.5 Å². The van der Waals surface area contributed by atoms with Crippen LogP contribution in [0.5, 0.6) is 0 Å². The zero-order valence-electron chi connectivity index (χ0n) is 19.5. The average molecular weight is 541 g/mol. The van der Waals surface area contributed by atoms with Gasteiger partial charge in [0.25, 0.3) is 11.8 Å². The van der Waals surface area contributed by atoms with Gasteiger partial charge in [-0.1, -0.05) is 5.16 Å². The van der Waals surface area contributed by atoms with E-state index in [2.05, 4.69) is 20.4 Å². The molecule has 0 aromatic carbocycles. The molecule has 1 unspecified atom stereocenters. The second-order valence-corrected chi connectivity index (χ2v) is 10.2. The largest absolute Gasteiger partial charge is 0.477 e. The molecule has 0 radical (unpaired) electrons. The number of aromatic nitrogens is 3. The molecule has 0 saturated carbocycles. The molecule has 5 rings (SSSR count). The van der Waals surface area contributed by atoms with Crippen LogP contribution in [0.25, 0.3) is 10.2 Å². The highest BCUT2D eigenvalue weighted by atomic mass is 32.2. The van der Waals surface area contributed by atoms with Crippen molar-refractivity contribution in [1.82, 2.24) is 20.2 Å². The third-order valence-corrected chi connectivity index (χ3v) is 8.05. The fraction of sp³-hybridized carbons (Fsp3) is 0.261. The number of hydrogen-bond donors (Lipinski definition) is 3. The Labute approximate surface area is 218 Å². The number of nitrogen functional groups attached to an aromatic ring is 1. The van der Waals surface area contributed by atoms with Crippen LogP contribution in [0, 0.1) is 0 Å². The molecule has 0 aliphatic carbocycles. The third kappa shape index (κ3) is 4.60. The van der Waals surface area contributed by atoms with E-state index in [4.69, 9.17) is 10.6 Å². The predicted molar refractivity (Wildman–Crippen MR) is 136 cm³/mol. The van der Waals surface area contributed by atoms with Crippen molar-refractivity contribution in [3.8, 4) is 0 Å². The number of amides is 2. The minimum absolute atomic E-state index is 0.0283. The number of anilines is 1. The highest BCUT2D eigenvalue weighted by molar-refractivity contribution is 8.00. The van der Waals surface area contributed by atoms with Crippen LogP contribution in [-0.4, -0.2) is 67.2 Å². The number of thioether (sulfide) groups is 1. The normalized spacial score (nSPS) is 19.4. The maximum atomic E-state index is 13.1. The molecule has 4 N–H and O–H groups in total. The number of carbonyl (C=O) groups excluding carboxylic acids is 2. The highest BCUT2D eigenvalue weighted by Crippen LogP contribution is 2.40. The van der Waals surface area contributed by atoms with E-state index in [1.54, 1.807) is 18.3 Å². The van der Waals surface area contributed by atoms with Crippen molar-refractivity contribution < 1.29 is 28.9 Å². The maximum absolute atomic E-state index is 13.1. The van der Waals surface area contributed by atoms with Gasteiger partial charge < -0.3 is 21.0 Å². The second kappa shape index (κ2) is 10.1. The summed E-state index contributed by atoms with van der Waals surface area (Å²) in [6, 6.07) is 4.96. The van der Waals surface area contributed by atoms with Crippen LogP contribution in [0.2, 0.25) is 0 Å². The Bertz CT molecular complexity index is 1450. The summed E-state index contributed by atoms with van der Waals surface area (Å²) in [5, 5.41) is 17.9. The van der Waals surface area contributed by atoms with E-state index in [0.29, 0.717) is 17.9 Å². The van der Waals surface area contributed by atoms with Gasteiger partial charge in [-0.2, -0.15) is 4.57 Å². The Hall–Kier alpha value is -4.04. The number of hydrogen-bond acceptors (Lipinski definition) is 10. The van der Waals surface area contributed by atoms with Gasteiger partial charge >= 0.3 is 5.97 Å². The van der Waals surface area contributed by atoms with Crippen LogP contribution in [0.15, 0.2) is 58.6 Å². The van der Waals surface area contributed by atoms with Gasteiger partial charge in [0.1, 0.15) is 23.7 Å². The van der Waals surface area contributed by atoms with Gasteiger partial charge in [0.05, 0.1) is 4.70 Å². The van der Waals surface area contributed by atoms with Crippen molar-refractivity contribution >= 4 is 62.8 Å². The molecule has 0 spiro atoms. The molecule has 12 nitrogen and oxygen atoms in total. The monoisotopic (exact) mass is 540 g/mol. The van der Waals surface area contributed by atoms with E-state index in [-0.39, 0.29) is 29.5 Å². The summed E-state index contributed by atoms with van der Waals surface area (Å²) in [6.07, 6.45) is 4.54. The average Bonchev–Trinajstić information content (AvgIpc) is 3.38. The van der Waals surface area contributed by atoms with Crippen LogP contribution >= 0.6 is 23.1 Å². The number of nitrogens with two attached hydrogens (primary N) is 1. The summed E-state index contributed by atoms with van der Waals surface area (Å²) in [7, 11) is 0. The first-order chi connectivity index (χ1) is 17.9. The fourth-order valence-electron chi connectivity index (χ4n) is 4.16. The molecule has 1 saturated heterocycles. The van der Waals surface area contributed by atoms with E-state index in [9.17, 15) is 19.5 Å². The van der Waals surface area contributed by atoms with Gasteiger partial charge in [0.2, 0.25) is 11.5 Å². The zero-order chi connectivity index (χ0) is 26.1. The molecule has 2 atom stereocenters. The first kappa shape index (κ1) is 24.6. The van der Waals surface area contributed by atoms with E-state index in [1.165, 1.54) is 29.1 Å². The van der Waals surface area contributed by atoms with E-state index in [0.717, 1.165) is 10.2 Å². The van der Waals surface area contributed by atoms with Gasteiger partial charge in [0, 0.05) is 41.4 Å². The molecule has 3 aromatic heterocycles. The fourth-order valence-corrected chi connectivity index (χ4v) is 6.31. The molecule has 14 heteroatoms. The summed E-state index contributed by atoms with van der Waals surface area (Å²) < 4.78 is 3.06. The predicted octanol–water partition coefficient (Wildman–Crippen LogP) is 0.740. The summed E-state index contributed by atoms with van der Waals surface area (Å²) in [6.45, 7) is 2.26. The molecular weight excluding hydrogens is 518 g/mol. The number of oxime groups is 1. The van der Waals surface area contributed by atoms with Crippen molar-refractivity contribution in [3.05, 3.63) is 59.0 Å². The molecule has 2 aliphatic rings. The van der Waals surface area contributed by atoms with Crippen LogP contribution in [0.1, 0.15) is 12.5 Å². The Morgan fingerprint density at radius 2 is 2.14 bits per heavy atom. The Kier molecular flexibility index (Phi) is 6.76. The Balaban J connectivity index is 1.37. The summed E-state index contributed by atoms with van der Waals surface area (Å²) in [5.41, 5.74) is 7.22. The lowest BCUT2D eigenvalue weighted by Crippen LogP contribution is -2.71. The summed E-state index contributed by atoms with van der Waals surface area (Å²) in [5.74, 6) is -1.95. The first-order valence-electron chi connectivity index (χ1n) is 11.2. The third-order valence-electron chi connectivity index (χ3n) is 5.84. The standard InChI is InChI=1S/C23H21N7O5S2/c1-2-35-28-16(12-8-25-23(24)26-9-12)19(31)27-17-20(32)30-18(22(33)34)13(11-37-21(17)30)10-29-6-3-4-15-14(29)5-7-36-15/h3-9,17,21H,2,10-11H2,1H3,(H3-,24,25,26,27,28,31,33,34)/p+1/t17?,21-/m1/s1. The molecule has 37 heavy (non-hydrogen) atoms. The molecular formula is C23H22N7O5S2+. The minimum Gasteiger partial charge on any atom is -0.477 e. The van der Waals surface area contributed by atoms with Gasteiger partial charge in [-0.05, 0) is 18.4 Å². The highest BCUT2D eigenvalue weighted by Gasteiger charge is 2.54. The number of carboxylic acid groups (broad SMARTS) is 1. The van der Waals surface area contributed by atoms with Crippen molar-refractivity contribution in [2.45, 2.75) is 24.9 Å². The Morgan fingerprint density at radius 3 is 2.86 bits per heavy atom. The number of pyridine rings is 1. The van der Waals surface area contributed by atoms with Crippen molar-refractivity contribution in [1.29, 1.82) is 0 Å². The summed E-state index contributed by atoms with van der Waals surface area (Å²) >= 11 is 3.00. The number of carbonyl (C=O) groups is 3. The number of fused-ring (bicyclic) bond motifs is 2. The molecule has 5 heterocycles. The molecule has 3 aromatic rings. The Morgan fingerprint density at radius 1 is 1.35 bits per heavy atom. The van der Waals surface area contributed by atoms with Gasteiger partial charge in [0.15, 0.2) is 18.5 Å². The number of nitrogens with one attached hydrogen (secondary N) is 1. The number of carboxylic acids is 1. The van der Waals surface area contributed by atoms with Crippen molar-refractivity contribution in [2.24, 2.45) is 5.16 Å². The minimum atomic E-state index is -1.19. The van der Waals surface area contributed by atoms with E-state index >= 15 is 0 Å². The van der Waals surface area contributed by atoms with Crippen LogP contribution in [-0.2, 0) is 25.8 Å². The van der Waals surface area contributed by atoms with Gasteiger partial charge in [-0.15, -0.1) is 23.1 Å². The number of thiophene rings is 1. The first-order valence-corrected chi connectivity index (χ1v) is 13.2. The second-order valence-electron chi connectivity index (χ2n) is 8.11. The summed E-state index contributed by atoms with van der Waals surface area (Å²) in [4.78, 5) is 52.5. The van der Waals surface area contributed by atoms with Gasteiger partial charge in [-0.25, -0.2) is 14.8 Å². The van der Waals surface area contributed by atoms with Crippen LogP contribution in [0.4, 0.5) is 5.95 Å². The lowest BCUT2D eigenvalue weighted by Gasteiger charge is -2.49. The van der Waals surface area contributed by atoms with E-state index in [1.807, 2.05) is 34.3 Å². The number of nitrogens with zero attached hydrogens (tertiary/aromatic N) is 5. The lowest BCUT2D eigenvalue weighted by molar-refractivity contribution is -0.663. The topological polar surface area (TPSA) is 164 Å². The van der Waals surface area contributed by atoms with Crippen LogP contribution < -0.4 is 15.6 Å². The molecule has 190 valence electrons. The smallest absolute Gasteiger partial charge is 0.352 e. The molecule has 2 aliphatic heterocycles. The number of β-lactam (4-membered cyclic amide) rings is 1. The SMILES string of the molecule is CCO/N=C(/C(=O)NC1C(=O)N2C(C(=O)O)=C(C[n+]3cccc4sccc43)CS[C@H]12)c1cnc(N)nc1. The zero-order valence-corrected chi connectivity index (χ0v) is 21.2. The molecule has 2 amide bonds. The number of rotatable bonds is 8. The number of aliphatic carboxylic acids is 1. The maximum Gasteiger partial charge on any atom is 0.352 e. The molecule has 0 bridgehead atoms. The van der Waals surface area contributed by atoms with Crippen molar-refractivity contribution in [3.63, 3.8) is 0 Å².